The van der Waals surface area contributed by atoms with Crippen LogP contribution in [0.5, 0.6) is 0 Å². The molecule has 0 amide bonds. The molecule has 2 rings (SSSR count). The first-order valence-corrected chi connectivity index (χ1v) is 4.64. The Labute approximate surface area is 72.6 Å². The fourth-order valence-corrected chi connectivity index (χ4v) is 1.30. The third-order valence-electron chi connectivity index (χ3n) is 1.38. The minimum absolute atomic E-state index is 0.197. The Morgan fingerprint density at radius 3 is 2.85 bits per heavy atom. The van der Waals surface area contributed by atoms with Gasteiger partial charge in [-0.1, -0.05) is 0 Å². The highest BCUT2D eigenvalue weighted by atomic mass is 32.2. The van der Waals surface area contributed by atoms with Gasteiger partial charge < -0.3 is 4.98 Å². The van der Waals surface area contributed by atoms with Gasteiger partial charge in [-0.15, -0.1) is 0 Å². The van der Waals surface area contributed by atoms with Crippen molar-refractivity contribution in [2.75, 3.05) is 0 Å². The van der Waals surface area contributed by atoms with Crippen molar-refractivity contribution >= 4 is 21.3 Å². The summed E-state index contributed by atoms with van der Waals surface area (Å²) in [6.45, 7) is 0. The number of rotatable bonds is 1. The molecular weight excluding hydrogens is 196 g/mol. The molecule has 0 fully saturated rings. The molecule has 0 bridgehead atoms. The Kier molecular flexibility index (Phi) is 1.54. The standard InChI is InChI=1S/C5H4N4O3S/c10-13(11,12)5-8-3-1-6-2-7-4(3)9-5/h1-2H,(H,10,11,12)(H,6,7,8,9). The summed E-state index contributed by atoms with van der Waals surface area (Å²) >= 11 is 0. The van der Waals surface area contributed by atoms with Crippen LogP contribution in [0.4, 0.5) is 0 Å². The van der Waals surface area contributed by atoms with Crippen molar-refractivity contribution in [2.45, 2.75) is 5.16 Å². The average Bonchev–Trinajstić information content (AvgIpc) is 2.45. The second-order valence-electron chi connectivity index (χ2n) is 2.28. The number of aromatic amines is 1. The monoisotopic (exact) mass is 200 g/mol. The van der Waals surface area contributed by atoms with Crippen molar-refractivity contribution in [3.05, 3.63) is 12.5 Å². The van der Waals surface area contributed by atoms with Crippen LogP contribution in [-0.4, -0.2) is 32.9 Å². The zero-order chi connectivity index (χ0) is 9.47. The zero-order valence-electron chi connectivity index (χ0n) is 6.17. The van der Waals surface area contributed by atoms with Crippen molar-refractivity contribution in [3.8, 4) is 0 Å². The first-order chi connectivity index (χ1) is 6.07. The zero-order valence-corrected chi connectivity index (χ0v) is 6.98. The van der Waals surface area contributed by atoms with Gasteiger partial charge in [0.25, 0.3) is 5.16 Å². The van der Waals surface area contributed by atoms with E-state index in [-0.39, 0.29) is 5.65 Å². The predicted molar refractivity (Wildman–Crippen MR) is 41.5 cm³/mol. The van der Waals surface area contributed by atoms with Crippen molar-refractivity contribution < 1.29 is 13.0 Å². The number of fused-ring (bicyclic) bond motifs is 1. The van der Waals surface area contributed by atoms with Gasteiger partial charge >= 0.3 is 10.1 Å². The van der Waals surface area contributed by atoms with Crippen LogP contribution in [0, 0.1) is 0 Å². The quantitative estimate of drug-likeness (QED) is 0.606. The van der Waals surface area contributed by atoms with Gasteiger partial charge in [-0.2, -0.15) is 13.4 Å². The number of nitrogens with one attached hydrogen (secondary N) is 1. The number of nitrogens with zero attached hydrogens (tertiary/aromatic N) is 3. The van der Waals surface area contributed by atoms with Crippen molar-refractivity contribution in [3.63, 3.8) is 0 Å². The third kappa shape index (κ3) is 1.36. The van der Waals surface area contributed by atoms with Crippen molar-refractivity contribution in [1.82, 2.24) is 19.9 Å². The average molecular weight is 200 g/mol. The Morgan fingerprint density at radius 2 is 2.23 bits per heavy atom. The molecule has 0 aliphatic heterocycles. The topological polar surface area (TPSA) is 109 Å². The summed E-state index contributed by atoms with van der Waals surface area (Å²) < 4.78 is 29.9. The van der Waals surface area contributed by atoms with Gasteiger partial charge in [0.15, 0.2) is 5.65 Å². The van der Waals surface area contributed by atoms with Crippen molar-refractivity contribution in [1.29, 1.82) is 0 Å². The molecule has 13 heavy (non-hydrogen) atoms. The van der Waals surface area contributed by atoms with Crippen LogP contribution in [0.3, 0.4) is 0 Å². The molecule has 0 saturated heterocycles. The third-order valence-corrected chi connectivity index (χ3v) is 2.07. The molecular formula is C5H4N4O3S. The molecule has 0 atom stereocenters. The van der Waals surface area contributed by atoms with E-state index in [2.05, 4.69) is 19.9 Å². The molecule has 0 radical (unpaired) electrons. The summed E-state index contributed by atoms with van der Waals surface area (Å²) in [5.74, 6) is 0. The lowest BCUT2D eigenvalue weighted by Gasteiger charge is -1.85. The summed E-state index contributed by atoms with van der Waals surface area (Å²) in [4.78, 5) is 13.2. The minimum Gasteiger partial charge on any atom is -0.324 e. The molecule has 0 aliphatic rings. The number of aromatic nitrogens is 4. The second kappa shape index (κ2) is 2.47. The van der Waals surface area contributed by atoms with E-state index < -0.39 is 15.3 Å². The number of hydrogen-bond acceptors (Lipinski definition) is 5. The minimum atomic E-state index is -4.30. The normalized spacial score (nSPS) is 12.1. The highest BCUT2D eigenvalue weighted by Gasteiger charge is 2.15. The van der Waals surface area contributed by atoms with Gasteiger partial charge in [0.05, 0.1) is 6.20 Å². The molecule has 8 heteroatoms. The van der Waals surface area contributed by atoms with E-state index in [1.54, 1.807) is 0 Å². The number of hydrogen-bond donors (Lipinski definition) is 2. The van der Waals surface area contributed by atoms with Crippen molar-refractivity contribution in [2.24, 2.45) is 0 Å². The molecule has 0 unspecified atom stereocenters. The molecule has 2 aromatic heterocycles. The van der Waals surface area contributed by atoms with E-state index in [0.717, 1.165) is 0 Å². The molecule has 0 saturated carbocycles. The molecule has 2 N–H and O–H groups in total. The van der Waals surface area contributed by atoms with Crippen LogP contribution in [0.25, 0.3) is 11.2 Å². The molecule has 68 valence electrons. The van der Waals surface area contributed by atoms with Gasteiger partial charge in [-0.25, -0.2) is 9.97 Å². The first-order valence-electron chi connectivity index (χ1n) is 3.20. The van der Waals surface area contributed by atoms with E-state index >= 15 is 0 Å². The van der Waals surface area contributed by atoms with Crippen LogP contribution in [0.1, 0.15) is 0 Å². The van der Waals surface area contributed by atoms with Crippen LogP contribution in [-0.2, 0) is 10.1 Å². The lowest BCUT2D eigenvalue weighted by molar-refractivity contribution is 0.476. The Balaban J connectivity index is 2.77. The Hall–Kier alpha value is -1.54. The maximum absolute atomic E-state index is 10.6. The van der Waals surface area contributed by atoms with E-state index in [4.69, 9.17) is 4.55 Å². The van der Waals surface area contributed by atoms with E-state index in [9.17, 15) is 8.42 Å². The fourth-order valence-electron chi connectivity index (χ4n) is 0.862. The van der Waals surface area contributed by atoms with Crippen LogP contribution < -0.4 is 0 Å². The van der Waals surface area contributed by atoms with Gasteiger partial charge in [-0.3, -0.25) is 4.55 Å². The molecule has 2 heterocycles. The SMILES string of the molecule is O=S(=O)(O)c1nc2ncncc2[nH]1. The highest BCUT2D eigenvalue weighted by molar-refractivity contribution is 7.85. The van der Waals surface area contributed by atoms with Gasteiger partial charge in [0.2, 0.25) is 0 Å². The van der Waals surface area contributed by atoms with Gasteiger partial charge in [0.1, 0.15) is 11.8 Å². The Bertz CT molecular complexity index is 513. The maximum atomic E-state index is 10.6. The maximum Gasteiger partial charge on any atom is 0.328 e. The van der Waals surface area contributed by atoms with Crippen LogP contribution >= 0.6 is 0 Å². The van der Waals surface area contributed by atoms with E-state index in [0.29, 0.717) is 5.52 Å². The van der Waals surface area contributed by atoms with Crippen LogP contribution in [0.2, 0.25) is 0 Å². The lowest BCUT2D eigenvalue weighted by atomic mass is 10.6. The summed E-state index contributed by atoms with van der Waals surface area (Å²) in [6, 6.07) is 0. The number of H-pyrrole nitrogens is 1. The Morgan fingerprint density at radius 1 is 1.46 bits per heavy atom. The smallest absolute Gasteiger partial charge is 0.324 e. The van der Waals surface area contributed by atoms with Gasteiger partial charge in [-0.05, 0) is 0 Å². The van der Waals surface area contributed by atoms with Crippen LogP contribution in [0.15, 0.2) is 17.7 Å². The largest absolute Gasteiger partial charge is 0.328 e. The lowest BCUT2D eigenvalue weighted by Crippen LogP contribution is -1.99. The number of imidazole rings is 1. The molecule has 2 aromatic rings. The molecule has 0 aliphatic carbocycles. The van der Waals surface area contributed by atoms with E-state index in [1.165, 1.54) is 12.5 Å². The second-order valence-corrected chi connectivity index (χ2v) is 3.61. The molecule has 0 aromatic carbocycles. The predicted octanol–water partition coefficient (Wildman–Crippen LogP) is -0.400. The first kappa shape index (κ1) is 8.08. The van der Waals surface area contributed by atoms with E-state index in [1.807, 2.05) is 0 Å². The summed E-state index contributed by atoms with van der Waals surface area (Å²) in [7, 11) is -4.30. The molecule has 7 nitrogen and oxygen atoms in total. The fraction of sp³-hybridized carbons (Fsp3) is 0. The molecule has 0 spiro atoms. The summed E-state index contributed by atoms with van der Waals surface area (Å²) in [5.41, 5.74) is 0.553. The summed E-state index contributed by atoms with van der Waals surface area (Å²) in [5, 5.41) is -0.525. The highest BCUT2D eigenvalue weighted by Crippen LogP contribution is 2.09. The summed E-state index contributed by atoms with van der Waals surface area (Å²) in [6.07, 6.45) is 2.60. The van der Waals surface area contributed by atoms with Gasteiger partial charge in [0, 0.05) is 0 Å².